The molecule has 0 saturated carbocycles. The van der Waals surface area contributed by atoms with E-state index in [1.807, 2.05) is 0 Å². The third-order valence-corrected chi connectivity index (χ3v) is 1.68. The Morgan fingerprint density at radius 1 is 1.70 bits per heavy atom. The molecule has 6 heteroatoms. The van der Waals surface area contributed by atoms with Gasteiger partial charge in [-0.1, -0.05) is 0 Å². The fourth-order valence-corrected chi connectivity index (χ4v) is 1.09. The Morgan fingerprint density at radius 3 is 2.80 bits per heavy atom. The van der Waals surface area contributed by atoms with E-state index in [9.17, 15) is 4.79 Å². The number of aromatic nitrogens is 1. The molecule has 0 N–H and O–H groups in total. The van der Waals surface area contributed by atoms with E-state index in [0.29, 0.717) is 3.94 Å². The smallest absolute Gasteiger partial charge is 0.264 e. The van der Waals surface area contributed by atoms with E-state index in [-0.39, 0.29) is 5.69 Å². The average molecular weight is 197 g/mol. The van der Waals surface area contributed by atoms with Gasteiger partial charge in [0.15, 0.2) is 0 Å². The van der Waals surface area contributed by atoms with Crippen molar-refractivity contribution < 1.29 is 4.79 Å². The van der Waals surface area contributed by atoms with E-state index in [1.165, 1.54) is 11.5 Å². The number of halogens is 2. The van der Waals surface area contributed by atoms with Gasteiger partial charge < -0.3 is 0 Å². The largest absolute Gasteiger partial charge is 0.303 e. The molecule has 0 aliphatic carbocycles. The molecule has 0 spiro atoms. The number of rotatable bonds is 1. The molecule has 1 rings (SSSR count). The Balaban J connectivity index is 2.78. The first-order chi connectivity index (χ1) is 4.72. The molecule has 3 nitrogen and oxygen atoms in total. The quantitative estimate of drug-likeness (QED) is 0.644. The van der Waals surface area contributed by atoms with Crippen LogP contribution in [0.15, 0.2) is 11.4 Å². The van der Waals surface area contributed by atoms with Crippen LogP contribution in [0.4, 0.5) is 0 Å². The molecule has 0 saturated heterocycles. The van der Waals surface area contributed by atoms with Crippen LogP contribution < -0.4 is 0 Å². The molecule has 1 aromatic rings. The Labute approximate surface area is 71.5 Å². The summed E-state index contributed by atoms with van der Waals surface area (Å²) in [4.78, 5) is 10.8. The maximum Gasteiger partial charge on any atom is 0.303 e. The van der Waals surface area contributed by atoms with Gasteiger partial charge in [-0.05, 0) is 17.6 Å². The molecule has 1 aromatic heterocycles. The second-order valence-corrected chi connectivity index (χ2v) is 2.94. The highest BCUT2D eigenvalue weighted by Crippen LogP contribution is 2.08. The van der Waals surface area contributed by atoms with E-state index < -0.39 is 5.91 Å². The fourth-order valence-electron chi connectivity index (χ4n) is 0.409. The second kappa shape index (κ2) is 3.18. The van der Waals surface area contributed by atoms with E-state index in [0.717, 1.165) is 0 Å². The molecule has 0 aliphatic heterocycles. The lowest BCUT2D eigenvalue weighted by molar-refractivity contribution is 0.0920. The van der Waals surface area contributed by atoms with Crippen LogP contribution in [0.3, 0.4) is 0 Å². The zero-order valence-electron chi connectivity index (χ0n) is 4.62. The highest BCUT2D eigenvalue weighted by Gasteiger charge is 2.12. The van der Waals surface area contributed by atoms with Gasteiger partial charge in [0.05, 0.1) is 0 Å². The molecule has 0 radical (unpaired) electrons. The minimum absolute atomic E-state index is 0.259. The van der Waals surface area contributed by atoms with Gasteiger partial charge in [0, 0.05) is 28.9 Å². The Bertz CT molecular complexity index is 223. The molecule has 1 amide bonds. The van der Waals surface area contributed by atoms with Gasteiger partial charge >= 0.3 is 5.91 Å². The zero-order chi connectivity index (χ0) is 7.56. The van der Waals surface area contributed by atoms with Crippen LogP contribution in [0.25, 0.3) is 0 Å². The standard InChI is InChI=1S/C4H2Cl2N2OS/c5-8(6)4(9)3-1-2-10-7-3/h1-2H. The molecule has 1 heterocycles. The molecule has 0 atom stereocenters. The summed E-state index contributed by atoms with van der Waals surface area (Å²) in [5.74, 6) is -0.510. The Morgan fingerprint density at radius 2 is 2.40 bits per heavy atom. The number of amides is 1. The van der Waals surface area contributed by atoms with Gasteiger partial charge in [0.2, 0.25) is 0 Å². The molecule has 54 valence electrons. The van der Waals surface area contributed by atoms with Crippen molar-refractivity contribution in [1.29, 1.82) is 0 Å². The minimum Gasteiger partial charge on any atom is -0.264 e. The topological polar surface area (TPSA) is 33.2 Å². The summed E-state index contributed by atoms with van der Waals surface area (Å²) in [7, 11) is 0. The van der Waals surface area contributed by atoms with Crippen LogP contribution in [0.1, 0.15) is 10.5 Å². The second-order valence-electron chi connectivity index (χ2n) is 1.42. The van der Waals surface area contributed by atoms with Gasteiger partial charge in [-0.15, -0.1) is 0 Å². The lowest BCUT2D eigenvalue weighted by Gasteiger charge is -1.97. The summed E-state index contributed by atoms with van der Waals surface area (Å²) in [6.07, 6.45) is 0. The van der Waals surface area contributed by atoms with Gasteiger partial charge in [0.1, 0.15) is 5.69 Å². The monoisotopic (exact) mass is 196 g/mol. The molecule has 0 fully saturated rings. The molecule has 0 bridgehead atoms. The third-order valence-electron chi connectivity index (χ3n) is 0.810. The van der Waals surface area contributed by atoms with Crippen LogP contribution in [0.2, 0.25) is 0 Å². The average Bonchev–Trinajstić information content (AvgIpc) is 2.36. The van der Waals surface area contributed by atoms with Crippen molar-refractivity contribution in [3.63, 3.8) is 0 Å². The van der Waals surface area contributed by atoms with Crippen molar-refractivity contribution in [3.05, 3.63) is 17.1 Å². The predicted molar refractivity (Wildman–Crippen MR) is 40.0 cm³/mol. The van der Waals surface area contributed by atoms with Crippen molar-refractivity contribution in [2.75, 3.05) is 0 Å². The van der Waals surface area contributed by atoms with E-state index in [1.54, 1.807) is 11.4 Å². The van der Waals surface area contributed by atoms with Crippen LogP contribution in [-0.2, 0) is 0 Å². The molecule has 10 heavy (non-hydrogen) atoms. The van der Waals surface area contributed by atoms with E-state index in [2.05, 4.69) is 4.37 Å². The van der Waals surface area contributed by atoms with Crippen molar-refractivity contribution >= 4 is 41.0 Å². The zero-order valence-corrected chi connectivity index (χ0v) is 6.95. The van der Waals surface area contributed by atoms with Gasteiger partial charge in [-0.25, -0.2) is 0 Å². The first-order valence-electron chi connectivity index (χ1n) is 2.28. The Hall–Kier alpha value is -0.320. The minimum atomic E-state index is -0.510. The molecule has 0 aliphatic rings. The summed E-state index contributed by atoms with van der Waals surface area (Å²) in [6.45, 7) is 0. The summed E-state index contributed by atoms with van der Waals surface area (Å²) in [5.41, 5.74) is 0.259. The first kappa shape index (κ1) is 7.78. The third kappa shape index (κ3) is 1.59. The summed E-state index contributed by atoms with van der Waals surface area (Å²) < 4.78 is 4.17. The van der Waals surface area contributed by atoms with Crippen LogP contribution in [0.5, 0.6) is 0 Å². The molecule has 0 aromatic carbocycles. The maximum atomic E-state index is 10.8. The number of carbonyl (C=O) groups is 1. The number of carbonyl (C=O) groups excluding carboxylic acids is 1. The number of hydrogen-bond donors (Lipinski definition) is 0. The van der Waals surface area contributed by atoms with E-state index >= 15 is 0 Å². The lowest BCUT2D eigenvalue weighted by Crippen LogP contribution is -2.10. The van der Waals surface area contributed by atoms with Gasteiger partial charge in [-0.3, -0.25) is 4.79 Å². The summed E-state index contributed by atoms with van der Waals surface area (Å²) >= 11 is 11.4. The summed E-state index contributed by atoms with van der Waals surface area (Å²) in [6, 6.07) is 1.55. The summed E-state index contributed by atoms with van der Waals surface area (Å²) in [5, 5.41) is 1.67. The molecular formula is C4H2Cl2N2OS. The number of nitrogens with zero attached hydrogens (tertiary/aromatic N) is 2. The van der Waals surface area contributed by atoms with Gasteiger partial charge in [0.25, 0.3) is 0 Å². The highest BCUT2D eigenvalue weighted by atomic mass is 35.5. The van der Waals surface area contributed by atoms with Crippen LogP contribution in [0, 0.1) is 0 Å². The SMILES string of the molecule is O=C(c1ccsn1)N(Cl)Cl. The maximum absolute atomic E-state index is 10.8. The number of hydrogen-bond acceptors (Lipinski definition) is 3. The lowest BCUT2D eigenvalue weighted by atomic mass is 10.4. The van der Waals surface area contributed by atoms with Crippen molar-refractivity contribution in [3.8, 4) is 0 Å². The normalized spacial score (nSPS) is 9.40. The predicted octanol–water partition coefficient (Wildman–Crippen LogP) is 1.89. The first-order valence-corrected chi connectivity index (χ1v) is 3.79. The molecule has 0 unspecified atom stereocenters. The Kier molecular flexibility index (Phi) is 2.48. The fraction of sp³-hybridized carbons (Fsp3) is 0. The highest BCUT2D eigenvalue weighted by molar-refractivity contribution is 7.03. The molecular weight excluding hydrogens is 195 g/mol. The van der Waals surface area contributed by atoms with Crippen molar-refractivity contribution in [2.24, 2.45) is 0 Å². The van der Waals surface area contributed by atoms with Gasteiger partial charge in [-0.2, -0.15) is 8.31 Å². The van der Waals surface area contributed by atoms with Crippen LogP contribution >= 0.6 is 35.1 Å². The van der Waals surface area contributed by atoms with Crippen molar-refractivity contribution in [1.82, 2.24) is 8.31 Å². The van der Waals surface area contributed by atoms with E-state index in [4.69, 9.17) is 23.6 Å². The van der Waals surface area contributed by atoms with Crippen LogP contribution in [-0.4, -0.2) is 14.2 Å². The van der Waals surface area contributed by atoms with Crippen molar-refractivity contribution in [2.45, 2.75) is 0 Å².